The molecule has 0 aliphatic carbocycles. The Labute approximate surface area is 131 Å². The van der Waals surface area contributed by atoms with E-state index < -0.39 is 11.9 Å². The molecule has 1 unspecified atom stereocenters. The van der Waals surface area contributed by atoms with E-state index in [0.717, 1.165) is 0 Å². The summed E-state index contributed by atoms with van der Waals surface area (Å²) in [5.74, 6) is -1.75. The molecule has 0 aliphatic heterocycles. The van der Waals surface area contributed by atoms with Crippen LogP contribution >= 0.6 is 34.8 Å². The third kappa shape index (κ3) is 3.26. The summed E-state index contributed by atoms with van der Waals surface area (Å²) in [5, 5.41) is 10.8. The Balaban J connectivity index is 2.42. The first kappa shape index (κ1) is 15.2. The van der Waals surface area contributed by atoms with Crippen LogP contribution in [0.15, 0.2) is 42.5 Å². The standard InChI is InChI=1S/C15H11Cl3O2/c16-12-5-2-1-4-9(12)10(15(19)20)8-11-13(17)6-3-7-14(11)18/h1-7,10H,8H2,(H,19,20). The van der Waals surface area contributed by atoms with Crippen molar-refractivity contribution in [1.82, 2.24) is 0 Å². The molecule has 1 N–H and O–H groups in total. The smallest absolute Gasteiger partial charge is 0.311 e. The molecule has 2 rings (SSSR count). The maximum absolute atomic E-state index is 11.5. The maximum atomic E-state index is 11.5. The summed E-state index contributed by atoms with van der Waals surface area (Å²) in [6.07, 6.45) is 0.192. The average Bonchev–Trinajstić information content (AvgIpc) is 2.39. The second-order valence-electron chi connectivity index (χ2n) is 4.32. The molecule has 2 nitrogen and oxygen atoms in total. The molecule has 104 valence electrons. The summed E-state index contributed by atoms with van der Waals surface area (Å²) < 4.78 is 0. The highest BCUT2D eigenvalue weighted by molar-refractivity contribution is 6.36. The fourth-order valence-corrected chi connectivity index (χ4v) is 2.84. The van der Waals surface area contributed by atoms with Gasteiger partial charge in [-0.3, -0.25) is 4.79 Å². The van der Waals surface area contributed by atoms with Crippen molar-refractivity contribution in [3.8, 4) is 0 Å². The molecule has 2 aromatic rings. The van der Waals surface area contributed by atoms with E-state index in [1.165, 1.54) is 0 Å². The molecule has 5 heteroatoms. The van der Waals surface area contributed by atoms with Gasteiger partial charge in [-0.2, -0.15) is 0 Å². The molecule has 0 saturated heterocycles. The lowest BCUT2D eigenvalue weighted by atomic mass is 9.92. The molecule has 2 aromatic carbocycles. The topological polar surface area (TPSA) is 37.3 Å². The first-order valence-electron chi connectivity index (χ1n) is 5.91. The second kappa shape index (κ2) is 6.49. The molecule has 20 heavy (non-hydrogen) atoms. The van der Waals surface area contributed by atoms with Crippen LogP contribution in [0.3, 0.4) is 0 Å². The molecular weight excluding hydrogens is 319 g/mol. The van der Waals surface area contributed by atoms with E-state index in [2.05, 4.69) is 0 Å². The van der Waals surface area contributed by atoms with Gasteiger partial charge in [0.05, 0.1) is 5.92 Å². The second-order valence-corrected chi connectivity index (χ2v) is 5.54. The monoisotopic (exact) mass is 328 g/mol. The molecule has 0 aromatic heterocycles. The Hall–Kier alpha value is -1.22. The lowest BCUT2D eigenvalue weighted by Crippen LogP contribution is -2.15. The van der Waals surface area contributed by atoms with Gasteiger partial charge in [0.1, 0.15) is 0 Å². The number of benzene rings is 2. The van der Waals surface area contributed by atoms with Crippen molar-refractivity contribution in [2.75, 3.05) is 0 Å². The quantitative estimate of drug-likeness (QED) is 0.851. The highest BCUT2D eigenvalue weighted by atomic mass is 35.5. The number of carboxylic acids is 1. The largest absolute Gasteiger partial charge is 0.481 e. The van der Waals surface area contributed by atoms with Crippen LogP contribution in [0.5, 0.6) is 0 Å². The zero-order chi connectivity index (χ0) is 14.7. The van der Waals surface area contributed by atoms with E-state index in [-0.39, 0.29) is 6.42 Å². The van der Waals surface area contributed by atoms with Crippen LogP contribution in [-0.2, 0) is 11.2 Å². The Morgan fingerprint density at radius 1 is 0.950 bits per heavy atom. The first-order valence-corrected chi connectivity index (χ1v) is 7.04. The highest BCUT2D eigenvalue weighted by Crippen LogP contribution is 2.33. The van der Waals surface area contributed by atoms with E-state index in [4.69, 9.17) is 34.8 Å². The predicted molar refractivity (Wildman–Crippen MR) is 82.0 cm³/mol. The molecule has 0 heterocycles. The normalized spacial score (nSPS) is 12.2. The minimum atomic E-state index is -0.964. The van der Waals surface area contributed by atoms with Crippen LogP contribution in [0.2, 0.25) is 15.1 Å². The number of hydrogen-bond acceptors (Lipinski definition) is 1. The molecule has 0 spiro atoms. The fourth-order valence-electron chi connectivity index (χ4n) is 2.02. The van der Waals surface area contributed by atoms with Crippen LogP contribution in [-0.4, -0.2) is 11.1 Å². The summed E-state index contributed by atoms with van der Waals surface area (Å²) in [6, 6.07) is 12.0. The minimum absolute atomic E-state index is 0.192. The third-order valence-electron chi connectivity index (χ3n) is 3.05. The number of rotatable bonds is 4. The van der Waals surface area contributed by atoms with Gasteiger partial charge in [0.2, 0.25) is 0 Å². The molecule has 0 saturated carbocycles. The zero-order valence-corrected chi connectivity index (χ0v) is 12.6. The molecule has 1 atom stereocenters. The van der Waals surface area contributed by atoms with E-state index in [1.807, 2.05) is 0 Å². The fraction of sp³-hybridized carbons (Fsp3) is 0.133. The van der Waals surface area contributed by atoms with Crippen LogP contribution in [0.25, 0.3) is 0 Å². The number of carbonyl (C=O) groups is 1. The summed E-state index contributed by atoms with van der Waals surface area (Å²) in [4.78, 5) is 11.5. The van der Waals surface area contributed by atoms with Gasteiger partial charge in [0, 0.05) is 15.1 Å². The molecule has 0 aliphatic rings. The van der Waals surface area contributed by atoms with Gasteiger partial charge < -0.3 is 5.11 Å². The third-order valence-corrected chi connectivity index (χ3v) is 4.10. The summed E-state index contributed by atoms with van der Waals surface area (Å²) in [6.45, 7) is 0. The van der Waals surface area contributed by atoms with E-state index in [9.17, 15) is 9.90 Å². The Kier molecular flexibility index (Phi) is 4.92. The Morgan fingerprint density at radius 2 is 1.50 bits per heavy atom. The number of halogens is 3. The molecule has 0 bridgehead atoms. The number of hydrogen-bond donors (Lipinski definition) is 1. The number of carboxylic acid groups (broad SMARTS) is 1. The van der Waals surface area contributed by atoms with Crippen LogP contribution in [0.4, 0.5) is 0 Å². The summed E-state index contributed by atoms with van der Waals surface area (Å²) in [7, 11) is 0. The van der Waals surface area contributed by atoms with Gasteiger partial charge in [-0.05, 0) is 35.7 Å². The van der Waals surface area contributed by atoms with E-state index in [1.54, 1.807) is 42.5 Å². The van der Waals surface area contributed by atoms with Crippen molar-refractivity contribution in [2.24, 2.45) is 0 Å². The minimum Gasteiger partial charge on any atom is -0.481 e. The van der Waals surface area contributed by atoms with Crippen molar-refractivity contribution in [1.29, 1.82) is 0 Å². The van der Waals surface area contributed by atoms with Gasteiger partial charge in [-0.1, -0.05) is 59.1 Å². The van der Waals surface area contributed by atoms with Gasteiger partial charge >= 0.3 is 5.97 Å². The Bertz CT molecular complexity index is 621. The molecule has 0 radical (unpaired) electrons. The van der Waals surface area contributed by atoms with Gasteiger partial charge in [0.15, 0.2) is 0 Å². The SMILES string of the molecule is O=C(O)C(Cc1c(Cl)cccc1Cl)c1ccccc1Cl. The lowest BCUT2D eigenvalue weighted by molar-refractivity contribution is -0.138. The predicted octanol–water partition coefficient (Wildman–Crippen LogP) is 5.06. The Morgan fingerprint density at radius 3 is 2.05 bits per heavy atom. The van der Waals surface area contributed by atoms with Crippen LogP contribution in [0, 0.1) is 0 Å². The van der Waals surface area contributed by atoms with E-state index in [0.29, 0.717) is 26.2 Å². The van der Waals surface area contributed by atoms with Crippen molar-refractivity contribution >= 4 is 40.8 Å². The summed E-state index contributed by atoms with van der Waals surface area (Å²) >= 11 is 18.3. The summed E-state index contributed by atoms with van der Waals surface area (Å²) in [5.41, 5.74) is 1.17. The van der Waals surface area contributed by atoms with Crippen molar-refractivity contribution < 1.29 is 9.90 Å². The maximum Gasteiger partial charge on any atom is 0.311 e. The van der Waals surface area contributed by atoms with Crippen LogP contribution < -0.4 is 0 Å². The zero-order valence-electron chi connectivity index (χ0n) is 10.3. The lowest BCUT2D eigenvalue weighted by Gasteiger charge is -2.16. The molecule has 0 fully saturated rings. The van der Waals surface area contributed by atoms with Crippen molar-refractivity contribution in [3.05, 3.63) is 68.7 Å². The molecule has 0 amide bonds. The van der Waals surface area contributed by atoms with Gasteiger partial charge in [0.25, 0.3) is 0 Å². The molecular formula is C15H11Cl3O2. The first-order chi connectivity index (χ1) is 9.50. The van der Waals surface area contributed by atoms with Crippen LogP contribution in [0.1, 0.15) is 17.0 Å². The number of aliphatic carboxylic acids is 1. The van der Waals surface area contributed by atoms with Gasteiger partial charge in [-0.25, -0.2) is 0 Å². The van der Waals surface area contributed by atoms with Gasteiger partial charge in [-0.15, -0.1) is 0 Å². The van der Waals surface area contributed by atoms with Crippen molar-refractivity contribution in [2.45, 2.75) is 12.3 Å². The highest BCUT2D eigenvalue weighted by Gasteiger charge is 2.24. The average molecular weight is 330 g/mol. The van der Waals surface area contributed by atoms with Crippen molar-refractivity contribution in [3.63, 3.8) is 0 Å². The van der Waals surface area contributed by atoms with E-state index >= 15 is 0 Å².